The van der Waals surface area contributed by atoms with Gasteiger partial charge < -0.3 is 15.2 Å². The average molecular weight is 468 g/mol. The highest BCUT2D eigenvalue weighted by molar-refractivity contribution is 8.04. The number of hydrogen-bond acceptors (Lipinski definition) is 3. The number of aromatic amines is 1. The fourth-order valence-corrected chi connectivity index (χ4v) is 5.26. The lowest BCUT2D eigenvalue weighted by Gasteiger charge is -2.27. The molecule has 170 valence electrons. The van der Waals surface area contributed by atoms with Crippen LogP contribution in [0.3, 0.4) is 0 Å². The van der Waals surface area contributed by atoms with Crippen LogP contribution in [-0.4, -0.2) is 30.4 Å². The Morgan fingerprint density at radius 3 is 2.74 bits per heavy atom. The van der Waals surface area contributed by atoms with Gasteiger partial charge in [-0.15, -0.1) is 0 Å². The molecule has 2 amide bonds. The minimum Gasteiger partial charge on any atom is -0.361 e. The number of hydrogen-bond donors (Lipinski definition) is 2. The fraction of sp³-hybridized carbons (Fsp3) is 0.143. The molecule has 5 nitrogen and oxygen atoms in total. The van der Waals surface area contributed by atoms with Gasteiger partial charge in [-0.3, -0.25) is 9.59 Å². The van der Waals surface area contributed by atoms with Gasteiger partial charge in [0.25, 0.3) is 11.8 Å². The Bertz CT molecular complexity index is 1440. The molecule has 6 heteroatoms. The quantitative estimate of drug-likeness (QED) is 0.378. The van der Waals surface area contributed by atoms with Gasteiger partial charge >= 0.3 is 0 Å². The molecule has 3 aromatic carbocycles. The average Bonchev–Trinajstić information content (AvgIpc) is 3.26. The van der Waals surface area contributed by atoms with Crippen LogP contribution in [0.4, 0.5) is 5.69 Å². The van der Waals surface area contributed by atoms with E-state index in [1.807, 2.05) is 73.8 Å². The highest BCUT2D eigenvalue weighted by Gasteiger charge is 2.27. The summed E-state index contributed by atoms with van der Waals surface area (Å²) in [6.07, 6.45) is 4.67. The largest absolute Gasteiger partial charge is 0.361 e. The SMILES string of the molecule is Cc1ccccc1/C=C1\Sc2ccc(C(=O)NCCc3c[nH]c4ccccc34)cc2N(C)C1=O. The number of para-hydroxylation sites is 1. The smallest absolute Gasteiger partial charge is 0.264 e. The molecule has 4 aromatic rings. The van der Waals surface area contributed by atoms with Gasteiger partial charge in [-0.05, 0) is 60.4 Å². The van der Waals surface area contributed by atoms with Crippen LogP contribution >= 0.6 is 11.8 Å². The lowest BCUT2D eigenvalue weighted by atomic mass is 10.1. The predicted molar refractivity (Wildman–Crippen MR) is 139 cm³/mol. The molecule has 5 rings (SSSR count). The Kier molecular flexibility index (Phi) is 5.99. The summed E-state index contributed by atoms with van der Waals surface area (Å²) in [5, 5.41) is 4.19. The minimum atomic E-state index is -0.144. The Hall–Kier alpha value is -3.77. The monoisotopic (exact) mass is 467 g/mol. The van der Waals surface area contributed by atoms with Crippen molar-refractivity contribution in [1.82, 2.24) is 10.3 Å². The second kappa shape index (κ2) is 9.23. The third kappa shape index (κ3) is 4.24. The molecule has 0 radical (unpaired) electrons. The van der Waals surface area contributed by atoms with E-state index < -0.39 is 0 Å². The van der Waals surface area contributed by atoms with Crippen molar-refractivity contribution in [2.45, 2.75) is 18.2 Å². The first-order chi connectivity index (χ1) is 16.5. The van der Waals surface area contributed by atoms with Crippen LogP contribution in [0.5, 0.6) is 0 Å². The van der Waals surface area contributed by atoms with Gasteiger partial charge in [-0.1, -0.05) is 54.2 Å². The fourth-order valence-electron chi connectivity index (χ4n) is 4.18. The van der Waals surface area contributed by atoms with E-state index in [2.05, 4.69) is 16.4 Å². The van der Waals surface area contributed by atoms with E-state index in [1.54, 1.807) is 18.0 Å². The number of aryl methyl sites for hydroxylation is 1. The van der Waals surface area contributed by atoms with Crippen LogP contribution in [-0.2, 0) is 11.2 Å². The van der Waals surface area contributed by atoms with Crippen LogP contribution in [0.2, 0.25) is 0 Å². The maximum absolute atomic E-state index is 13.0. The van der Waals surface area contributed by atoms with Gasteiger partial charge in [-0.25, -0.2) is 0 Å². The molecular formula is C28H25N3O2S. The van der Waals surface area contributed by atoms with Crippen LogP contribution in [0.25, 0.3) is 17.0 Å². The van der Waals surface area contributed by atoms with Crippen LogP contribution in [0, 0.1) is 6.92 Å². The molecule has 1 aliphatic rings. The summed E-state index contributed by atoms with van der Waals surface area (Å²) in [5.74, 6) is -0.215. The molecular weight excluding hydrogens is 442 g/mol. The molecule has 34 heavy (non-hydrogen) atoms. The molecule has 0 aliphatic carbocycles. The number of benzene rings is 3. The van der Waals surface area contributed by atoms with E-state index in [0.29, 0.717) is 17.0 Å². The lowest BCUT2D eigenvalue weighted by Crippen LogP contribution is -2.31. The number of carbonyl (C=O) groups is 2. The normalized spacial score (nSPS) is 14.5. The van der Waals surface area contributed by atoms with Gasteiger partial charge in [-0.2, -0.15) is 0 Å². The standard InChI is InChI=1S/C28H25N3O2S/c1-18-7-3-4-8-19(18)16-26-28(33)31(2)24-15-20(11-12-25(24)34-26)27(32)29-14-13-21-17-30-23-10-6-5-9-22(21)23/h3-12,15-17,30H,13-14H2,1-2H3,(H,29,32)/b26-16-. The molecule has 1 aliphatic heterocycles. The van der Waals surface area contributed by atoms with Gasteiger partial charge in [0.05, 0.1) is 10.6 Å². The maximum atomic E-state index is 13.0. The number of likely N-dealkylation sites (N-methyl/N-ethyl adjacent to an activating group) is 1. The third-order valence-electron chi connectivity index (χ3n) is 6.15. The number of carbonyl (C=O) groups excluding carboxylic acids is 2. The van der Waals surface area contributed by atoms with Crippen molar-refractivity contribution in [3.8, 4) is 0 Å². The van der Waals surface area contributed by atoms with Crippen molar-refractivity contribution in [3.63, 3.8) is 0 Å². The zero-order valence-corrected chi connectivity index (χ0v) is 19.9. The first kappa shape index (κ1) is 22.0. The van der Waals surface area contributed by atoms with E-state index in [4.69, 9.17) is 0 Å². The van der Waals surface area contributed by atoms with Crippen LogP contribution in [0.1, 0.15) is 27.0 Å². The number of H-pyrrole nitrogens is 1. The second-order valence-corrected chi connectivity index (χ2v) is 9.46. The summed E-state index contributed by atoms with van der Waals surface area (Å²) in [4.78, 5) is 32.4. The summed E-state index contributed by atoms with van der Waals surface area (Å²) >= 11 is 1.44. The zero-order valence-electron chi connectivity index (χ0n) is 19.1. The molecule has 0 atom stereocenters. The first-order valence-electron chi connectivity index (χ1n) is 11.2. The number of aromatic nitrogens is 1. The summed E-state index contributed by atoms with van der Waals surface area (Å²) in [6, 6.07) is 21.7. The molecule has 2 heterocycles. The molecule has 0 fully saturated rings. The highest BCUT2D eigenvalue weighted by atomic mass is 32.2. The van der Waals surface area contributed by atoms with Gasteiger partial charge in [0.1, 0.15) is 0 Å². The summed E-state index contributed by atoms with van der Waals surface area (Å²) in [5.41, 5.74) is 5.72. The number of fused-ring (bicyclic) bond motifs is 2. The van der Waals surface area contributed by atoms with Gasteiger partial charge in [0, 0.05) is 41.2 Å². The van der Waals surface area contributed by atoms with Crippen molar-refractivity contribution in [1.29, 1.82) is 0 Å². The maximum Gasteiger partial charge on any atom is 0.264 e. The van der Waals surface area contributed by atoms with Crippen molar-refractivity contribution in [3.05, 3.63) is 100 Å². The van der Waals surface area contributed by atoms with E-state index in [-0.39, 0.29) is 11.8 Å². The summed E-state index contributed by atoms with van der Waals surface area (Å²) < 4.78 is 0. The van der Waals surface area contributed by atoms with Crippen molar-refractivity contribution < 1.29 is 9.59 Å². The Morgan fingerprint density at radius 2 is 1.88 bits per heavy atom. The zero-order chi connectivity index (χ0) is 23.7. The molecule has 1 aromatic heterocycles. The Balaban J connectivity index is 1.30. The van der Waals surface area contributed by atoms with Crippen molar-refractivity contribution >= 4 is 46.2 Å². The van der Waals surface area contributed by atoms with Crippen molar-refractivity contribution in [2.24, 2.45) is 0 Å². The number of rotatable bonds is 5. The summed E-state index contributed by atoms with van der Waals surface area (Å²) in [6.45, 7) is 2.57. The molecule has 0 spiro atoms. The molecule has 0 unspecified atom stereocenters. The Labute approximate surface area is 202 Å². The van der Waals surface area contributed by atoms with Gasteiger partial charge in [0.15, 0.2) is 0 Å². The van der Waals surface area contributed by atoms with Crippen LogP contribution in [0.15, 0.2) is 82.7 Å². The third-order valence-corrected chi connectivity index (χ3v) is 7.23. The second-order valence-electron chi connectivity index (χ2n) is 8.38. The molecule has 2 N–H and O–H groups in total. The number of thioether (sulfide) groups is 1. The lowest BCUT2D eigenvalue weighted by molar-refractivity contribution is -0.114. The predicted octanol–water partition coefficient (Wildman–Crippen LogP) is 5.56. The van der Waals surface area contributed by atoms with Crippen LogP contribution < -0.4 is 10.2 Å². The van der Waals surface area contributed by atoms with Gasteiger partial charge in [0.2, 0.25) is 0 Å². The topological polar surface area (TPSA) is 65.2 Å². The first-order valence-corrected chi connectivity index (χ1v) is 12.0. The Morgan fingerprint density at radius 1 is 1.09 bits per heavy atom. The number of nitrogens with one attached hydrogen (secondary N) is 2. The highest BCUT2D eigenvalue weighted by Crippen LogP contribution is 2.42. The van der Waals surface area contributed by atoms with E-state index >= 15 is 0 Å². The molecule has 0 saturated heterocycles. The molecule has 0 saturated carbocycles. The van der Waals surface area contributed by atoms with Crippen molar-refractivity contribution in [2.75, 3.05) is 18.5 Å². The van der Waals surface area contributed by atoms with E-state index in [9.17, 15) is 9.59 Å². The number of nitrogens with zero attached hydrogens (tertiary/aromatic N) is 1. The minimum absolute atomic E-state index is 0.0716. The number of amides is 2. The van der Waals surface area contributed by atoms with E-state index in [0.717, 1.165) is 33.6 Å². The molecule has 0 bridgehead atoms. The summed E-state index contributed by atoms with van der Waals surface area (Å²) in [7, 11) is 1.76. The number of anilines is 1. The van der Waals surface area contributed by atoms with E-state index in [1.165, 1.54) is 22.7 Å².